The second-order valence-electron chi connectivity index (χ2n) is 8.67. The number of nitrogens with two attached hydrogens (primary N) is 1. The van der Waals surface area contributed by atoms with Crippen LogP contribution >= 0.6 is 7.92 Å². The Kier molecular flexibility index (Phi) is 4.77. The summed E-state index contributed by atoms with van der Waals surface area (Å²) in [5, 5.41) is 0. The lowest BCUT2D eigenvalue weighted by molar-refractivity contribution is -0.501. The molecule has 3 aliphatic heterocycles. The van der Waals surface area contributed by atoms with Gasteiger partial charge in [0.1, 0.15) is 11.7 Å². The largest absolute Gasteiger partial charge is 0.446 e. The molecule has 2 spiro atoms. The zero-order valence-corrected chi connectivity index (χ0v) is 16.1. The van der Waals surface area contributed by atoms with Crippen LogP contribution in [0.15, 0.2) is 0 Å². The van der Waals surface area contributed by atoms with Crippen molar-refractivity contribution in [1.29, 1.82) is 0 Å². The second-order valence-corrected chi connectivity index (χ2v) is 11.1. The summed E-state index contributed by atoms with van der Waals surface area (Å²) < 4.78 is 11.7. The lowest BCUT2D eigenvalue weighted by Gasteiger charge is -2.57. The number of carbonyl (C=O) groups excluding carboxylic acids is 1. The summed E-state index contributed by atoms with van der Waals surface area (Å²) in [6, 6.07) is 0. The SMILES string of the molecule is CC1CC2CC(C)C3(OCC4(CCCC(OC(N)=O)C4)OO3)P(C1)C2. The first-order valence-electron chi connectivity index (χ1n) is 9.63. The summed E-state index contributed by atoms with van der Waals surface area (Å²) in [7, 11) is -0.341. The highest BCUT2D eigenvalue weighted by Gasteiger charge is 2.58. The average Bonchev–Trinajstić information content (AvgIpc) is 2.54. The Morgan fingerprint density at radius 1 is 1.24 bits per heavy atom. The van der Waals surface area contributed by atoms with E-state index in [-0.39, 0.29) is 14.0 Å². The third-order valence-electron chi connectivity index (χ3n) is 6.42. The topological polar surface area (TPSA) is 80.0 Å². The Morgan fingerprint density at radius 3 is 2.80 bits per heavy atom. The summed E-state index contributed by atoms with van der Waals surface area (Å²) in [4.78, 5) is 23.3. The molecule has 3 saturated heterocycles. The van der Waals surface area contributed by atoms with Gasteiger partial charge in [-0.3, -0.25) is 0 Å². The van der Waals surface area contributed by atoms with Crippen molar-refractivity contribution < 1.29 is 24.0 Å². The van der Waals surface area contributed by atoms with Crippen LogP contribution in [0.3, 0.4) is 0 Å². The maximum atomic E-state index is 11.1. The molecule has 7 unspecified atom stereocenters. The first-order valence-corrected chi connectivity index (χ1v) is 11.3. The van der Waals surface area contributed by atoms with E-state index in [9.17, 15) is 4.79 Å². The van der Waals surface area contributed by atoms with Gasteiger partial charge in [-0.1, -0.05) is 13.8 Å². The van der Waals surface area contributed by atoms with Gasteiger partial charge in [0.05, 0.1) is 6.61 Å². The number of hydrogen-bond acceptors (Lipinski definition) is 5. The molecule has 4 aliphatic rings. The molecule has 4 rings (SSSR count). The normalized spacial score (nSPS) is 49.9. The van der Waals surface area contributed by atoms with Crippen molar-refractivity contribution in [2.24, 2.45) is 23.5 Å². The molecule has 2 bridgehead atoms. The molecule has 0 radical (unpaired) electrons. The van der Waals surface area contributed by atoms with Gasteiger partial charge in [0.15, 0.2) is 0 Å². The standard InChI is InChI=1S/C18H30NO5P/c1-12-6-14-7-13(2)18(25(9-12)10-14)21-11-17(23-24-18)5-3-4-15(8-17)22-16(19)20/h12-15H,3-11H2,1-2H3,(H2,19,20). The van der Waals surface area contributed by atoms with Gasteiger partial charge in [-0.15, -0.1) is 0 Å². The van der Waals surface area contributed by atoms with Crippen LogP contribution in [0.1, 0.15) is 52.4 Å². The van der Waals surface area contributed by atoms with E-state index in [1.54, 1.807) is 0 Å². The number of fused-ring (bicyclic) bond motifs is 3. The highest BCUT2D eigenvalue weighted by Crippen LogP contribution is 2.66. The Labute approximate surface area is 150 Å². The van der Waals surface area contributed by atoms with Crippen molar-refractivity contribution in [3.63, 3.8) is 0 Å². The van der Waals surface area contributed by atoms with Crippen molar-refractivity contribution in [2.75, 3.05) is 18.9 Å². The van der Waals surface area contributed by atoms with E-state index in [2.05, 4.69) is 13.8 Å². The van der Waals surface area contributed by atoms with E-state index in [0.717, 1.165) is 37.5 Å². The van der Waals surface area contributed by atoms with Crippen LogP contribution in [0.2, 0.25) is 0 Å². The zero-order chi connectivity index (χ0) is 17.7. The quantitative estimate of drug-likeness (QED) is 0.563. The Morgan fingerprint density at radius 2 is 2.08 bits per heavy atom. The third-order valence-corrected chi connectivity index (χ3v) is 9.96. The smallest absolute Gasteiger partial charge is 0.404 e. The molecule has 25 heavy (non-hydrogen) atoms. The van der Waals surface area contributed by atoms with Crippen molar-refractivity contribution in [2.45, 2.75) is 69.6 Å². The lowest BCUT2D eigenvalue weighted by Crippen LogP contribution is -2.59. The molecule has 6 nitrogen and oxygen atoms in total. The van der Waals surface area contributed by atoms with Gasteiger partial charge in [-0.25, -0.2) is 9.68 Å². The maximum absolute atomic E-state index is 11.1. The molecule has 2 N–H and O–H groups in total. The number of hydrogen-bond donors (Lipinski definition) is 1. The molecular weight excluding hydrogens is 341 g/mol. The van der Waals surface area contributed by atoms with Gasteiger partial charge in [0.25, 0.3) is 0 Å². The van der Waals surface area contributed by atoms with E-state index in [0.29, 0.717) is 18.9 Å². The number of ether oxygens (including phenoxy) is 2. The Balaban J connectivity index is 1.46. The van der Waals surface area contributed by atoms with E-state index in [1.165, 1.54) is 18.7 Å². The van der Waals surface area contributed by atoms with Crippen LogP contribution in [0.4, 0.5) is 4.79 Å². The molecule has 1 saturated carbocycles. The van der Waals surface area contributed by atoms with Crippen molar-refractivity contribution >= 4 is 14.0 Å². The van der Waals surface area contributed by atoms with Gasteiger partial charge in [-0.2, -0.15) is 4.89 Å². The van der Waals surface area contributed by atoms with E-state index in [4.69, 9.17) is 25.0 Å². The molecular formula is C18H30NO5P. The van der Waals surface area contributed by atoms with Gasteiger partial charge in [0, 0.05) is 12.3 Å². The molecule has 7 atom stereocenters. The molecule has 1 amide bonds. The predicted octanol–water partition coefficient (Wildman–Crippen LogP) is 3.57. The number of amides is 1. The highest BCUT2D eigenvalue weighted by atomic mass is 31.1. The Bertz CT molecular complexity index is 518. The number of carbonyl (C=O) groups is 1. The summed E-state index contributed by atoms with van der Waals surface area (Å²) in [5.74, 6) is 1.94. The number of rotatable bonds is 1. The summed E-state index contributed by atoms with van der Waals surface area (Å²) in [5.41, 5.74) is 4.14. The summed E-state index contributed by atoms with van der Waals surface area (Å²) in [6.07, 6.45) is 7.23. The van der Waals surface area contributed by atoms with Crippen molar-refractivity contribution in [3.8, 4) is 0 Å². The average molecular weight is 371 g/mol. The monoisotopic (exact) mass is 371 g/mol. The molecule has 142 valence electrons. The van der Waals surface area contributed by atoms with E-state index in [1.807, 2.05) is 0 Å². The van der Waals surface area contributed by atoms with Crippen LogP contribution in [-0.2, 0) is 19.2 Å². The van der Waals surface area contributed by atoms with Crippen LogP contribution in [0.25, 0.3) is 0 Å². The minimum absolute atomic E-state index is 0.207. The van der Waals surface area contributed by atoms with E-state index < -0.39 is 17.2 Å². The van der Waals surface area contributed by atoms with Gasteiger partial charge in [0.2, 0.25) is 5.53 Å². The van der Waals surface area contributed by atoms with Gasteiger partial charge < -0.3 is 15.2 Å². The van der Waals surface area contributed by atoms with Crippen molar-refractivity contribution in [3.05, 3.63) is 0 Å². The fraction of sp³-hybridized carbons (Fsp3) is 0.944. The van der Waals surface area contributed by atoms with Crippen molar-refractivity contribution in [1.82, 2.24) is 0 Å². The predicted molar refractivity (Wildman–Crippen MR) is 94.2 cm³/mol. The van der Waals surface area contributed by atoms with Gasteiger partial charge in [-0.05, 0) is 64.2 Å². The first kappa shape index (κ1) is 18.0. The lowest BCUT2D eigenvalue weighted by atomic mass is 9.83. The molecule has 4 fully saturated rings. The first-order chi connectivity index (χ1) is 11.9. The van der Waals surface area contributed by atoms with Crippen LogP contribution in [0, 0.1) is 17.8 Å². The Hall–Kier alpha value is -0.420. The van der Waals surface area contributed by atoms with Crippen LogP contribution < -0.4 is 5.73 Å². The minimum atomic E-state index is -0.720. The fourth-order valence-electron chi connectivity index (χ4n) is 5.41. The third kappa shape index (κ3) is 3.31. The van der Waals surface area contributed by atoms with Crippen LogP contribution in [-0.4, -0.2) is 42.3 Å². The molecule has 3 heterocycles. The zero-order valence-electron chi connectivity index (χ0n) is 15.2. The highest BCUT2D eigenvalue weighted by molar-refractivity contribution is 7.59. The molecule has 0 aromatic rings. The number of primary amides is 1. The molecule has 0 aromatic carbocycles. The second kappa shape index (κ2) is 6.63. The van der Waals surface area contributed by atoms with Gasteiger partial charge >= 0.3 is 6.09 Å². The van der Waals surface area contributed by atoms with Crippen LogP contribution in [0.5, 0.6) is 0 Å². The summed E-state index contributed by atoms with van der Waals surface area (Å²) >= 11 is 0. The molecule has 0 aromatic heterocycles. The van der Waals surface area contributed by atoms with E-state index >= 15 is 0 Å². The maximum Gasteiger partial charge on any atom is 0.404 e. The minimum Gasteiger partial charge on any atom is -0.446 e. The molecule has 1 aliphatic carbocycles. The molecule has 7 heteroatoms. The summed E-state index contributed by atoms with van der Waals surface area (Å²) in [6.45, 7) is 5.12. The fourth-order valence-corrected chi connectivity index (χ4v) is 9.01.